The third kappa shape index (κ3) is 2.54. The van der Waals surface area contributed by atoms with Crippen molar-refractivity contribution < 1.29 is 9.53 Å². The predicted octanol–water partition coefficient (Wildman–Crippen LogP) is 4.45. The normalized spacial score (nSPS) is 11.6. The largest absolute Gasteiger partial charge is 0.497 e. The molecule has 4 aromatic rings. The monoisotopic (exact) mass is 341 g/mol. The van der Waals surface area contributed by atoms with E-state index >= 15 is 0 Å². The zero-order valence-corrected chi connectivity index (χ0v) is 14.0. The quantitative estimate of drug-likeness (QED) is 0.327. The molecular formula is C21H15N3O2. The predicted molar refractivity (Wildman–Crippen MR) is 101 cm³/mol. The van der Waals surface area contributed by atoms with Crippen LogP contribution in [0.1, 0.15) is 15.9 Å². The molecule has 0 aliphatic heterocycles. The number of hydrogen-bond acceptors (Lipinski definition) is 3. The van der Waals surface area contributed by atoms with Gasteiger partial charge in [0.1, 0.15) is 17.4 Å². The molecule has 0 saturated heterocycles. The van der Waals surface area contributed by atoms with Crippen molar-refractivity contribution >= 4 is 33.7 Å². The fourth-order valence-corrected chi connectivity index (χ4v) is 3.08. The molecule has 2 aromatic heterocycles. The maximum absolute atomic E-state index is 12.9. The Morgan fingerprint density at radius 1 is 1.08 bits per heavy atom. The second kappa shape index (κ2) is 6.26. The highest BCUT2D eigenvalue weighted by atomic mass is 16.5. The van der Waals surface area contributed by atoms with Gasteiger partial charge in [-0.2, -0.15) is 5.26 Å². The van der Waals surface area contributed by atoms with E-state index in [2.05, 4.69) is 9.97 Å². The molecule has 5 nitrogen and oxygen atoms in total. The molecule has 2 heterocycles. The standard InChI is InChI=1S/C21H15N3O2/c1-26-15-6-7-17-18(12-24-20(17)9-15)21(25)13(10-22)8-14-11-23-19-5-3-2-4-16(14)19/h2-9,11-12,23-24H,1H3/b13-8+. The Morgan fingerprint density at radius 3 is 2.69 bits per heavy atom. The number of hydrogen-bond donors (Lipinski definition) is 2. The number of rotatable bonds is 4. The molecule has 26 heavy (non-hydrogen) atoms. The van der Waals surface area contributed by atoms with Crippen LogP contribution in [-0.2, 0) is 0 Å². The number of Topliss-reactive ketones (excluding diaryl/α,β-unsaturated/α-hetero) is 1. The molecular weight excluding hydrogens is 326 g/mol. The van der Waals surface area contributed by atoms with Crippen molar-refractivity contribution in [3.05, 3.63) is 71.6 Å². The number of nitriles is 1. The van der Waals surface area contributed by atoms with Gasteiger partial charge in [-0.25, -0.2) is 0 Å². The average molecular weight is 341 g/mol. The lowest BCUT2D eigenvalue weighted by molar-refractivity contribution is 0.104. The van der Waals surface area contributed by atoms with Crippen LogP contribution in [0.3, 0.4) is 0 Å². The molecule has 126 valence electrons. The number of carbonyl (C=O) groups is 1. The lowest BCUT2D eigenvalue weighted by atomic mass is 10.0. The molecule has 2 aromatic carbocycles. The Balaban J connectivity index is 1.78. The minimum atomic E-state index is -0.311. The van der Waals surface area contributed by atoms with Gasteiger partial charge in [0.25, 0.3) is 0 Å². The molecule has 0 spiro atoms. The van der Waals surface area contributed by atoms with Gasteiger partial charge in [-0.1, -0.05) is 18.2 Å². The summed E-state index contributed by atoms with van der Waals surface area (Å²) in [6.07, 6.45) is 5.06. The third-order valence-electron chi connectivity index (χ3n) is 4.42. The molecule has 4 rings (SSSR count). The smallest absolute Gasteiger partial charge is 0.205 e. The highest BCUT2D eigenvalue weighted by Crippen LogP contribution is 2.26. The van der Waals surface area contributed by atoms with Crippen LogP contribution in [0.25, 0.3) is 27.9 Å². The van der Waals surface area contributed by atoms with Crippen LogP contribution in [0.2, 0.25) is 0 Å². The molecule has 0 bridgehead atoms. The average Bonchev–Trinajstić information content (AvgIpc) is 3.29. The van der Waals surface area contributed by atoms with Gasteiger partial charge >= 0.3 is 0 Å². The number of aromatic nitrogens is 2. The van der Waals surface area contributed by atoms with Crippen molar-refractivity contribution in [2.24, 2.45) is 0 Å². The highest BCUT2D eigenvalue weighted by molar-refractivity contribution is 6.20. The molecule has 0 unspecified atom stereocenters. The van der Waals surface area contributed by atoms with Crippen molar-refractivity contribution in [1.82, 2.24) is 9.97 Å². The lowest BCUT2D eigenvalue weighted by Gasteiger charge is -2.01. The number of allylic oxidation sites excluding steroid dienone is 1. The number of H-pyrrole nitrogens is 2. The molecule has 0 fully saturated rings. The number of para-hydroxylation sites is 1. The van der Waals surface area contributed by atoms with Crippen LogP contribution < -0.4 is 4.74 Å². The minimum absolute atomic E-state index is 0.0893. The summed E-state index contributed by atoms with van der Waals surface area (Å²) in [7, 11) is 1.59. The molecule has 0 atom stereocenters. The summed E-state index contributed by atoms with van der Waals surface area (Å²) in [5.74, 6) is 0.391. The molecule has 0 amide bonds. The Bertz CT molecular complexity index is 1200. The van der Waals surface area contributed by atoms with Crippen LogP contribution in [0, 0.1) is 11.3 Å². The molecule has 0 radical (unpaired) electrons. The maximum Gasteiger partial charge on any atom is 0.205 e. The van der Waals surface area contributed by atoms with Gasteiger partial charge in [0, 0.05) is 51.4 Å². The van der Waals surface area contributed by atoms with E-state index in [-0.39, 0.29) is 11.4 Å². The number of ketones is 1. The van der Waals surface area contributed by atoms with Crippen molar-refractivity contribution in [1.29, 1.82) is 5.26 Å². The van der Waals surface area contributed by atoms with E-state index in [1.165, 1.54) is 0 Å². The van der Waals surface area contributed by atoms with E-state index in [0.29, 0.717) is 11.3 Å². The second-order valence-corrected chi connectivity index (χ2v) is 5.90. The Labute approximate surface area is 149 Å². The van der Waals surface area contributed by atoms with E-state index in [1.54, 1.807) is 31.6 Å². The number of methoxy groups -OCH3 is 1. The summed E-state index contributed by atoms with van der Waals surface area (Å²) in [6.45, 7) is 0. The van der Waals surface area contributed by atoms with Gasteiger partial charge < -0.3 is 14.7 Å². The van der Waals surface area contributed by atoms with E-state index < -0.39 is 0 Å². The molecule has 0 saturated carbocycles. The SMILES string of the molecule is COc1ccc2c(C(=O)/C(C#N)=C/c3c[nH]c4ccccc34)c[nH]c2c1. The van der Waals surface area contributed by atoms with E-state index in [1.807, 2.05) is 42.5 Å². The zero-order valence-electron chi connectivity index (χ0n) is 14.0. The molecule has 5 heteroatoms. The number of fused-ring (bicyclic) bond motifs is 2. The first-order valence-corrected chi connectivity index (χ1v) is 8.09. The number of nitrogens with zero attached hydrogens (tertiary/aromatic N) is 1. The number of ether oxygens (including phenoxy) is 1. The first kappa shape index (κ1) is 15.7. The van der Waals surface area contributed by atoms with Gasteiger partial charge in [-0.15, -0.1) is 0 Å². The first-order valence-electron chi connectivity index (χ1n) is 8.09. The minimum Gasteiger partial charge on any atom is -0.497 e. The van der Waals surface area contributed by atoms with Crippen molar-refractivity contribution in [2.45, 2.75) is 0 Å². The number of carbonyl (C=O) groups excluding carboxylic acids is 1. The Hall–Kier alpha value is -3.78. The summed E-state index contributed by atoms with van der Waals surface area (Å²) < 4.78 is 5.20. The van der Waals surface area contributed by atoms with E-state index in [4.69, 9.17) is 4.74 Å². The van der Waals surface area contributed by atoms with Crippen LogP contribution in [-0.4, -0.2) is 22.9 Å². The molecule has 0 aliphatic carbocycles. The van der Waals surface area contributed by atoms with E-state index in [0.717, 1.165) is 27.4 Å². The van der Waals surface area contributed by atoms with Gasteiger partial charge in [0.2, 0.25) is 5.78 Å². The topological polar surface area (TPSA) is 81.7 Å². The van der Waals surface area contributed by atoms with Crippen LogP contribution in [0.5, 0.6) is 5.75 Å². The fourth-order valence-electron chi connectivity index (χ4n) is 3.08. The highest BCUT2D eigenvalue weighted by Gasteiger charge is 2.17. The van der Waals surface area contributed by atoms with E-state index in [9.17, 15) is 10.1 Å². The maximum atomic E-state index is 12.9. The van der Waals surface area contributed by atoms with Crippen LogP contribution in [0.4, 0.5) is 0 Å². The number of benzene rings is 2. The lowest BCUT2D eigenvalue weighted by Crippen LogP contribution is -2.01. The Morgan fingerprint density at radius 2 is 1.88 bits per heavy atom. The zero-order chi connectivity index (χ0) is 18.1. The van der Waals surface area contributed by atoms with Crippen LogP contribution in [0.15, 0.2) is 60.4 Å². The van der Waals surface area contributed by atoms with Gasteiger partial charge in [0.15, 0.2) is 0 Å². The number of nitrogens with one attached hydrogen (secondary N) is 2. The Kier molecular flexibility index (Phi) is 3.79. The van der Waals surface area contributed by atoms with Crippen molar-refractivity contribution in [3.8, 4) is 11.8 Å². The fraction of sp³-hybridized carbons (Fsp3) is 0.0476. The summed E-state index contributed by atoms with van der Waals surface area (Å²) in [6, 6.07) is 15.2. The van der Waals surface area contributed by atoms with Gasteiger partial charge in [0.05, 0.1) is 7.11 Å². The summed E-state index contributed by atoms with van der Waals surface area (Å²) in [4.78, 5) is 19.1. The summed E-state index contributed by atoms with van der Waals surface area (Å²) >= 11 is 0. The second-order valence-electron chi connectivity index (χ2n) is 5.90. The third-order valence-corrected chi connectivity index (χ3v) is 4.42. The van der Waals surface area contributed by atoms with Gasteiger partial charge in [-0.05, 0) is 24.3 Å². The van der Waals surface area contributed by atoms with Crippen molar-refractivity contribution in [2.75, 3.05) is 7.11 Å². The summed E-state index contributed by atoms with van der Waals surface area (Å²) in [5, 5.41) is 11.3. The molecule has 0 aliphatic rings. The van der Waals surface area contributed by atoms with Crippen molar-refractivity contribution in [3.63, 3.8) is 0 Å². The first-order chi connectivity index (χ1) is 12.7. The molecule has 2 N–H and O–H groups in total. The summed E-state index contributed by atoms with van der Waals surface area (Å²) in [5.41, 5.74) is 3.12. The van der Waals surface area contributed by atoms with Gasteiger partial charge in [-0.3, -0.25) is 4.79 Å². The van der Waals surface area contributed by atoms with Crippen LogP contribution >= 0.6 is 0 Å². The number of aromatic amines is 2.